The summed E-state index contributed by atoms with van der Waals surface area (Å²) in [6.07, 6.45) is -4.59. The van der Waals surface area contributed by atoms with Crippen molar-refractivity contribution >= 4 is 22.3 Å². The largest absolute Gasteiger partial charge is 0.476 e. The average Bonchev–Trinajstić information content (AvgIpc) is 2.63. The number of nitrogens with one attached hydrogen (secondary N) is 1. The van der Waals surface area contributed by atoms with Crippen molar-refractivity contribution in [1.82, 2.24) is 4.98 Å². The van der Waals surface area contributed by atoms with Crippen molar-refractivity contribution in [3.8, 4) is 0 Å². The van der Waals surface area contributed by atoms with Crippen LogP contribution in [0.15, 0.2) is 5.51 Å². The van der Waals surface area contributed by atoms with Crippen LogP contribution in [0.25, 0.3) is 0 Å². The van der Waals surface area contributed by atoms with Crippen LogP contribution in [0.4, 0.5) is 18.2 Å². The molecule has 0 spiro atoms. The van der Waals surface area contributed by atoms with E-state index in [0.717, 1.165) is 11.3 Å². The summed E-state index contributed by atoms with van der Waals surface area (Å²) in [5.41, 5.74) is 1.28. The van der Waals surface area contributed by atoms with E-state index in [-0.39, 0.29) is 12.1 Å². The maximum absolute atomic E-state index is 11.8. The van der Waals surface area contributed by atoms with Gasteiger partial charge in [-0.2, -0.15) is 13.2 Å². The topological polar surface area (TPSA) is 62.2 Å². The Morgan fingerprint density at radius 1 is 1.47 bits per heavy atom. The summed E-state index contributed by atoms with van der Waals surface area (Å²) in [5.74, 6) is -1.15. The molecule has 0 radical (unpaired) electrons. The molecule has 1 aromatic rings. The lowest BCUT2D eigenvalue weighted by atomic mass is 10.2. The van der Waals surface area contributed by atoms with E-state index in [9.17, 15) is 18.0 Å². The maximum Gasteiger partial charge on any atom is 0.389 e. The molecule has 0 unspecified atom stereocenters. The number of hydrogen-bond acceptors (Lipinski definition) is 4. The summed E-state index contributed by atoms with van der Waals surface area (Å²) in [7, 11) is 0. The molecule has 17 heavy (non-hydrogen) atoms. The summed E-state index contributed by atoms with van der Waals surface area (Å²) >= 11 is 1.12. The molecule has 4 nitrogen and oxygen atoms in total. The van der Waals surface area contributed by atoms with E-state index in [0.29, 0.717) is 18.0 Å². The summed E-state index contributed by atoms with van der Waals surface area (Å²) < 4.78 is 35.5. The van der Waals surface area contributed by atoms with Gasteiger partial charge in [0.1, 0.15) is 5.00 Å². The number of aromatic nitrogens is 1. The molecule has 0 aromatic carbocycles. The van der Waals surface area contributed by atoms with Crippen LogP contribution in [0.2, 0.25) is 0 Å². The number of halogens is 3. The van der Waals surface area contributed by atoms with Crippen molar-refractivity contribution in [3.05, 3.63) is 11.2 Å². The monoisotopic (exact) mass is 268 g/mol. The molecular formula is C9H11F3N2O2S. The maximum atomic E-state index is 11.8. The van der Waals surface area contributed by atoms with Crippen molar-refractivity contribution in [2.45, 2.75) is 25.4 Å². The number of alkyl halides is 3. The van der Waals surface area contributed by atoms with Gasteiger partial charge in [-0.3, -0.25) is 0 Å². The third kappa shape index (κ3) is 5.03. The number of carboxylic acid groups (broad SMARTS) is 1. The lowest BCUT2D eigenvalue weighted by molar-refractivity contribution is -0.135. The SMILES string of the molecule is O=C(O)c1ncsc1NCCCCC(F)(F)F. The summed E-state index contributed by atoms with van der Waals surface area (Å²) in [6, 6.07) is 0. The third-order valence-corrected chi connectivity index (χ3v) is 2.73. The molecule has 1 heterocycles. The normalized spacial score (nSPS) is 11.5. The van der Waals surface area contributed by atoms with E-state index in [1.807, 2.05) is 0 Å². The minimum Gasteiger partial charge on any atom is -0.476 e. The van der Waals surface area contributed by atoms with Crippen LogP contribution in [0.3, 0.4) is 0 Å². The molecule has 0 amide bonds. The Hall–Kier alpha value is -1.31. The summed E-state index contributed by atoms with van der Waals surface area (Å²) in [5, 5.41) is 11.9. The van der Waals surface area contributed by atoms with Crippen LogP contribution < -0.4 is 5.32 Å². The van der Waals surface area contributed by atoms with E-state index in [1.165, 1.54) is 5.51 Å². The number of unbranched alkanes of at least 4 members (excludes halogenated alkanes) is 1. The van der Waals surface area contributed by atoms with E-state index in [2.05, 4.69) is 10.3 Å². The quantitative estimate of drug-likeness (QED) is 0.778. The second kappa shape index (κ2) is 5.85. The molecule has 1 rings (SSSR count). The Morgan fingerprint density at radius 2 is 2.18 bits per heavy atom. The second-order valence-corrected chi connectivity index (χ2v) is 4.19. The van der Waals surface area contributed by atoms with Crippen LogP contribution in [0.5, 0.6) is 0 Å². The first kappa shape index (κ1) is 13.8. The molecule has 0 aliphatic heterocycles. The van der Waals surface area contributed by atoms with Gasteiger partial charge in [-0.25, -0.2) is 9.78 Å². The minimum atomic E-state index is -4.13. The van der Waals surface area contributed by atoms with Crippen LogP contribution in [0.1, 0.15) is 29.8 Å². The standard InChI is InChI=1S/C9H11F3N2O2S/c10-9(11,12)3-1-2-4-13-7-6(8(15)16)14-5-17-7/h5,13H,1-4H2,(H,15,16). The Labute approximate surface area is 99.5 Å². The fraction of sp³-hybridized carbons (Fsp3) is 0.556. The number of anilines is 1. The molecule has 0 saturated carbocycles. The Bertz CT molecular complexity index is 379. The molecule has 2 N–H and O–H groups in total. The van der Waals surface area contributed by atoms with Crippen molar-refractivity contribution in [2.24, 2.45) is 0 Å². The van der Waals surface area contributed by atoms with Crippen LogP contribution in [0, 0.1) is 0 Å². The zero-order valence-corrected chi connectivity index (χ0v) is 9.57. The molecule has 0 atom stereocenters. The zero-order valence-electron chi connectivity index (χ0n) is 8.75. The van der Waals surface area contributed by atoms with E-state index >= 15 is 0 Å². The summed E-state index contributed by atoms with van der Waals surface area (Å²) in [4.78, 5) is 14.3. The minimum absolute atomic E-state index is 0.0255. The van der Waals surface area contributed by atoms with Crippen LogP contribution in [-0.2, 0) is 0 Å². The van der Waals surface area contributed by atoms with Gasteiger partial charge in [0.25, 0.3) is 0 Å². The van der Waals surface area contributed by atoms with Crippen molar-refractivity contribution in [1.29, 1.82) is 0 Å². The smallest absolute Gasteiger partial charge is 0.389 e. The van der Waals surface area contributed by atoms with E-state index in [4.69, 9.17) is 5.11 Å². The molecule has 0 aliphatic carbocycles. The van der Waals surface area contributed by atoms with Gasteiger partial charge in [-0.1, -0.05) is 0 Å². The van der Waals surface area contributed by atoms with Gasteiger partial charge >= 0.3 is 12.1 Å². The number of nitrogens with zero attached hydrogens (tertiary/aromatic N) is 1. The predicted molar refractivity (Wildman–Crippen MR) is 57.5 cm³/mol. The van der Waals surface area contributed by atoms with Gasteiger partial charge in [0.15, 0.2) is 5.69 Å². The van der Waals surface area contributed by atoms with Gasteiger partial charge in [-0.05, 0) is 12.8 Å². The van der Waals surface area contributed by atoms with Crippen molar-refractivity contribution in [3.63, 3.8) is 0 Å². The Balaban J connectivity index is 2.27. The number of aromatic carboxylic acids is 1. The molecule has 0 fully saturated rings. The third-order valence-electron chi connectivity index (χ3n) is 1.94. The fourth-order valence-corrected chi connectivity index (χ4v) is 1.88. The van der Waals surface area contributed by atoms with Crippen LogP contribution >= 0.6 is 11.3 Å². The number of thiazole rings is 1. The van der Waals surface area contributed by atoms with E-state index in [1.54, 1.807) is 0 Å². The molecule has 8 heteroatoms. The number of rotatable bonds is 6. The first-order valence-corrected chi connectivity index (χ1v) is 5.75. The number of carboxylic acids is 1. The highest BCUT2D eigenvalue weighted by atomic mass is 32.1. The van der Waals surface area contributed by atoms with Gasteiger partial charge < -0.3 is 10.4 Å². The van der Waals surface area contributed by atoms with Gasteiger partial charge in [0.2, 0.25) is 0 Å². The first-order chi connectivity index (χ1) is 7.90. The van der Waals surface area contributed by atoms with E-state index < -0.39 is 18.6 Å². The molecular weight excluding hydrogens is 257 g/mol. The Morgan fingerprint density at radius 3 is 2.76 bits per heavy atom. The van der Waals surface area contributed by atoms with Crippen molar-refractivity contribution < 1.29 is 23.1 Å². The highest BCUT2D eigenvalue weighted by Crippen LogP contribution is 2.23. The van der Waals surface area contributed by atoms with Gasteiger partial charge in [0, 0.05) is 13.0 Å². The fourth-order valence-electron chi connectivity index (χ4n) is 1.18. The first-order valence-electron chi connectivity index (χ1n) is 4.87. The van der Waals surface area contributed by atoms with Gasteiger partial charge in [-0.15, -0.1) is 11.3 Å². The lowest BCUT2D eigenvalue weighted by Gasteiger charge is -2.06. The highest BCUT2D eigenvalue weighted by Gasteiger charge is 2.25. The molecule has 0 bridgehead atoms. The molecule has 96 valence electrons. The van der Waals surface area contributed by atoms with Crippen LogP contribution in [-0.4, -0.2) is 28.8 Å². The molecule has 0 saturated heterocycles. The van der Waals surface area contributed by atoms with Gasteiger partial charge in [0.05, 0.1) is 5.51 Å². The highest BCUT2D eigenvalue weighted by molar-refractivity contribution is 7.14. The summed E-state index contributed by atoms with van der Waals surface area (Å²) in [6.45, 7) is 0.304. The molecule has 1 aromatic heterocycles. The zero-order chi connectivity index (χ0) is 12.9. The predicted octanol–water partition coefficient (Wildman–Crippen LogP) is 2.99. The lowest BCUT2D eigenvalue weighted by Crippen LogP contribution is -2.09. The number of hydrogen-bond donors (Lipinski definition) is 2. The number of carbonyl (C=O) groups is 1. The Kier molecular flexibility index (Phi) is 4.73. The average molecular weight is 268 g/mol. The molecule has 0 aliphatic rings. The van der Waals surface area contributed by atoms with Crippen molar-refractivity contribution in [2.75, 3.05) is 11.9 Å². The second-order valence-electron chi connectivity index (χ2n) is 3.33.